The summed E-state index contributed by atoms with van der Waals surface area (Å²) in [6, 6.07) is 19.4. The molecule has 2 heterocycles. The highest BCUT2D eigenvalue weighted by Gasteiger charge is 2.26. The number of hydrogen-bond donors (Lipinski definition) is 2. The highest BCUT2D eigenvalue weighted by Crippen LogP contribution is 2.40. The van der Waals surface area contributed by atoms with Crippen molar-refractivity contribution in [3.05, 3.63) is 89.1 Å². The zero-order valence-electron chi connectivity index (χ0n) is 20.6. The Balaban J connectivity index is 1.47. The normalized spacial score (nSPS) is 13.4. The van der Waals surface area contributed by atoms with Crippen LogP contribution in [0.15, 0.2) is 66.9 Å². The van der Waals surface area contributed by atoms with Gasteiger partial charge < -0.3 is 24.7 Å². The summed E-state index contributed by atoms with van der Waals surface area (Å²) in [6.45, 7) is 2.57. The van der Waals surface area contributed by atoms with Crippen molar-refractivity contribution in [1.82, 2.24) is 10.3 Å². The maximum Gasteiger partial charge on any atom is 0.251 e. The van der Waals surface area contributed by atoms with Crippen LogP contribution in [0, 0.1) is 0 Å². The Morgan fingerprint density at radius 3 is 2.64 bits per heavy atom. The fraction of sp³-hybridized carbons (Fsp3) is 0.241. The fourth-order valence-corrected chi connectivity index (χ4v) is 5.12. The van der Waals surface area contributed by atoms with E-state index in [-0.39, 0.29) is 17.7 Å². The van der Waals surface area contributed by atoms with Gasteiger partial charge in [0.25, 0.3) is 5.91 Å². The van der Waals surface area contributed by atoms with E-state index in [1.807, 2.05) is 54.7 Å². The summed E-state index contributed by atoms with van der Waals surface area (Å²) in [5.74, 6) is 0.953. The zero-order chi connectivity index (χ0) is 25.2. The number of amides is 2. The minimum Gasteiger partial charge on any atom is -0.493 e. The number of ether oxygens (including phenoxy) is 2. The van der Waals surface area contributed by atoms with Gasteiger partial charge in [-0.05, 0) is 47.9 Å². The molecule has 7 heteroatoms. The molecule has 2 N–H and O–H groups in total. The first-order valence-electron chi connectivity index (χ1n) is 12.0. The number of anilines is 1. The number of aromatic amines is 1. The number of methoxy groups -OCH3 is 2. The van der Waals surface area contributed by atoms with Crippen molar-refractivity contribution in [2.75, 3.05) is 32.2 Å². The molecule has 7 nitrogen and oxygen atoms in total. The number of carbonyl (C=O) groups is 2. The molecule has 5 rings (SSSR count). The van der Waals surface area contributed by atoms with E-state index in [1.165, 1.54) is 0 Å². The van der Waals surface area contributed by atoms with E-state index in [9.17, 15) is 9.59 Å². The van der Waals surface area contributed by atoms with Gasteiger partial charge >= 0.3 is 0 Å². The summed E-state index contributed by atoms with van der Waals surface area (Å²) in [5, 5.41) is 4.22. The number of benzene rings is 3. The predicted molar refractivity (Wildman–Crippen MR) is 140 cm³/mol. The molecule has 3 aromatic carbocycles. The molecular formula is C29H29N3O4. The van der Waals surface area contributed by atoms with Crippen LogP contribution < -0.4 is 19.7 Å². The molecule has 0 aliphatic carbocycles. The van der Waals surface area contributed by atoms with Gasteiger partial charge in [0.1, 0.15) is 0 Å². The molecule has 4 aromatic rings. The monoisotopic (exact) mass is 483 g/mol. The van der Waals surface area contributed by atoms with E-state index in [0.717, 1.165) is 39.7 Å². The maximum absolute atomic E-state index is 13.3. The Morgan fingerprint density at radius 2 is 1.86 bits per heavy atom. The van der Waals surface area contributed by atoms with Gasteiger partial charge in [0.15, 0.2) is 11.5 Å². The van der Waals surface area contributed by atoms with E-state index in [2.05, 4.69) is 16.4 Å². The van der Waals surface area contributed by atoms with Gasteiger partial charge in [-0.1, -0.05) is 30.3 Å². The molecule has 0 spiro atoms. The topological polar surface area (TPSA) is 83.7 Å². The van der Waals surface area contributed by atoms with Crippen LogP contribution >= 0.6 is 0 Å². The van der Waals surface area contributed by atoms with Crippen LogP contribution in [0.2, 0.25) is 0 Å². The second-order valence-electron chi connectivity index (χ2n) is 8.90. The molecule has 1 aliphatic rings. The van der Waals surface area contributed by atoms with Gasteiger partial charge in [-0.3, -0.25) is 9.59 Å². The largest absolute Gasteiger partial charge is 0.493 e. The lowest BCUT2D eigenvalue weighted by Crippen LogP contribution is -2.29. The number of fused-ring (bicyclic) bond motifs is 2. The Hall–Kier alpha value is -4.26. The summed E-state index contributed by atoms with van der Waals surface area (Å²) in [5.41, 5.74) is 5.49. The second-order valence-corrected chi connectivity index (χ2v) is 8.90. The average molecular weight is 484 g/mol. The summed E-state index contributed by atoms with van der Waals surface area (Å²) in [4.78, 5) is 30.2. The SMILES string of the molecule is COc1cccc(C(CNC(=O)c2ccc3c(c2)CCN3C(C)=O)c2c[nH]c3ccccc23)c1OC. The smallest absolute Gasteiger partial charge is 0.251 e. The van der Waals surface area contributed by atoms with E-state index < -0.39 is 0 Å². The molecular weight excluding hydrogens is 454 g/mol. The van der Waals surface area contributed by atoms with Gasteiger partial charge in [-0.15, -0.1) is 0 Å². The molecule has 1 unspecified atom stereocenters. The molecule has 1 atom stereocenters. The van der Waals surface area contributed by atoms with E-state index >= 15 is 0 Å². The summed E-state index contributed by atoms with van der Waals surface area (Å²) < 4.78 is 11.3. The number of H-pyrrole nitrogens is 1. The second kappa shape index (κ2) is 9.77. The van der Waals surface area contributed by atoms with E-state index in [1.54, 1.807) is 32.1 Å². The van der Waals surface area contributed by atoms with Crippen LogP contribution in [-0.2, 0) is 11.2 Å². The minimum atomic E-state index is -0.183. The van der Waals surface area contributed by atoms with E-state index in [0.29, 0.717) is 30.2 Å². The lowest BCUT2D eigenvalue weighted by Gasteiger charge is -2.22. The number of nitrogens with zero attached hydrogens (tertiary/aromatic N) is 1. The van der Waals surface area contributed by atoms with Crippen LogP contribution in [0.3, 0.4) is 0 Å². The fourth-order valence-electron chi connectivity index (χ4n) is 5.12. The minimum absolute atomic E-state index is 0.0137. The van der Waals surface area contributed by atoms with Crippen LogP contribution in [0.5, 0.6) is 11.5 Å². The first-order valence-corrected chi connectivity index (χ1v) is 12.0. The number of carbonyl (C=O) groups excluding carboxylic acids is 2. The third-order valence-corrected chi connectivity index (χ3v) is 6.89. The summed E-state index contributed by atoms with van der Waals surface area (Å²) >= 11 is 0. The van der Waals surface area contributed by atoms with Crippen molar-refractivity contribution >= 4 is 28.4 Å². The lowest BCUT2D eigenvalue weighted by atomic mass is 9.89. The quantitative estimate of drug-likeness (QED) is 0.401. The molecule has 0 fully saturated rings. The van der Waals surface area contributed by atoms with E-state index in [4.69, 9.17) is 9.47 Å². The standard InChI is InChI=1S/C29H29N3O4/c1-18(33)32-14-13-19-15-20(11-12-26(19)32)29(34)31-17-24(22-8-6-10-27(35-2)28(22)36-3)23-16-30-25-9-5-4-7-21(23)25/h4-12,15-16,24,30H,13-14,17H2,1-3H3,(H,31,34). The molecule has 0 radical (unpaired) electrons. The zero-order valence-corrected chi connectivity index (χ0v) is 20.6. The van der Waals surface area contributed by atoms with Gasteiger partial charge in [-0.25, -0.2) is 0 Å². The lowest BCUT2D eigenvalue weighted by molar-refractivity contribution is -0.116. The Kier molecular flexibility index (Phi) is 6.38. The molecule has 36 heavy (non-hydrogen) atoms. The summed E-state index contributed by atoms with van der Waals surface area (Å²) in [7, 11) is 3.24. The highest BCUT2D eigenvalue weighted by molar-refractivity contribution is 5.98. The van der Waals surface area contributed by atoms with Crippen LogP contribution in [-0.4, -0.2) is 44.1 Å². The molecule has 0 saturated heterocycles. The number of hydrogen-bond acceptors (Lipinski definition) is 4. The average Bonchev–Trinajstić information content (AvgIpc) is 3.53. The third kappa shape index (κ3) is 4.17. The van der Waals surface area contributed by atoms with Gasteiger partial charge in [0.2, 0.25) is 5.91 Å². The highest BCUT2D eigenvalue weighted by atomic mass is 16.5. The first-order chi connectivity index (χ1) is 17.5. The summed E-state index contributed by atoms with van der Waals surface area (Å²) in [6.07, 6.45) is 2.74. The van der Waals surface area contributed by atoms with Crippen molar-refractivity contribution in [1.29, 1.82) is 0 Å². The van der Waals surface area contributed by atoms with Crippen molar-refractivity contribution in [2.45, 2.75) is 19.3 Å². The van der Waals surface area contributed by atoms with Crippen molar-refractivity contribution < 1.29 is 19.1 Å². The number of nitrogens with one attached hydrogen (secondary N) is 2. The third-order valence-electron chi connectivity index (χ3n) is 6.89. The Morgan fingerprint density at radius 1 is 1.03 bits per heavy atom. The Bertz CT molecular complexity index is 1440. The first kappa shape index (κ1) is 23.5. The number of aromatic nitrogens is 1. The van der Waals surface area contributed by atoms with Gasteiger partial charge in [0.05, 0.1) is 14.2 Å². The Labute approximate surface area is 210 Å². The molecule has 2 amide bonds. The van der Waals surface area contributed by atoms with Crippen molar-refractivity contribution in [3.8, 4) is 11.5 Å². The van der Waals surface area contributed by atoms with Crippen LogP contribution in [0.25, 0.3) is 10.9 Å². The maximum atomic E-state index is 13.3. The van der Waals surface area contributed by atoms with Crippen LogP contribution in [0.4, 0.5) is 5.69 Å². The number of para-hydroxylation sites is 2. The molecule has 184 valence electrons. The molecule has 1 aromatic heterocycles. The molecule has 0 bridgehead atoms. The molecule has 1 aliphatic heterocycles. The number of rotatable bonds is 7. The van der Waals surface area contributed by atoms with Crippen molar-refractivity contribution in [2.24, 2.45) is 0 Å². The van der Waals surface area contributed by atoms with Crippen LogP contribution in [0.1, 0.15) is 39.9 Å². The molecule has 0 saturated carbocycles. The van der Waals surface area contributed by atoms with Gasteiger partial charge in [0, 0.05) is 59.8 Å². The predicted octanol–water partition coefficient (Wildman–Crippen LogP) is 4.66. The van der Waals surface area contributed by atoms with Crippen molar-refractivity contribution in [3.63, 3.8) is 0 Å². The van der Waals surface area contributed by atoms with Gasteiger partial charge in [-0.2, -0.15) is 0 Å².